The van der Waals surface area contributed by atoms with Crippen LogP contribution in [0.2, 0.25) is 0 Å². The van der Waals surface area contributed by atoms with Crippen molar-refractivity contribution in [2.75, 3.05) is 11.9 Å². The molecule has 0 aliphatic carbocycles. The Balaban J connectivity index is 2.12. The summed E-state index contributed by atoms with van der Waals surface area (Å²) in [6.45, 7) is 0. The lowest BCUT2D eigenvalue weighted by atomic mass is 10.1. The van der Waals surface area contributed by atoms with Gasteiger partial charge >= 0.3 is 0 Å². The second-order valence-electron chi connectivity index (χ2n) is 4.28. The molecule has 0 saturated heterocycles. The van der Waals surface area contributed by atoms with E-state index in [0.29, 0.717) is 11.3 Å². The minimum Gasteiger partial charge on any atom is -0.508 e. The number of phenolic OH excluding ortho intramolecular Hbond substituents is 1. The quantitative estimate of drug-likeness (QED) is 0.920. The number of phenols is 1. The first kappa shape index (κ1) is 13.1. The molecular formula is C15H14FNO2. The number of hydrogen-bond acceptors (Lipinski definition) is 2. The van der Waals surface area contributed by atoms with Crippen LogP contribution in [0.1, 0.15) is 5.56 Å². The van der Waals surface area contributed by atoms with Gasteiger partial charge in [-0.05, 0) is 29.8 Å². The van der Waals surface area contributed by atoms with Gasteiger partial charge in [0.2, 0.25) is 5.91 Å². The number of nitrogens with zero attached hydrogens (tertiary/aromatic N) is 1. The van der Waals surface area contributed by atoms with Gasteiger partial charge in [0.1, 0.15) is 11.6 Å². The van der Waals surface area contributed by atoms with Gasteiger partial charge in [-0.2, -0.15) is 0 Å². The van der Waals surface area contributed by atoms with E-state index < -0.39 is 0 Å². The summed E-state index contributed by atoms with van der Waals surface area (Å²) in [7, 11) is 1.62. The molecule has 0 aromatic heterocycles. The van der Waals surface area contributed by atoms with Crippen molar-refractivity contribution in [2.45, 2.75) is 6.42 Å². The molecule has 3 nitrogen and oxygen atoms in total. The molecule has 19 heavy (non-hydrogen) atoms. The molecule has 1 amide bonds. The third kappa shape index (κ3) is 3.31. The largest absolute Gasteiger partial charge is 0.508 e. The Morgan fingerprint density at radius 1 is 1.21 bits per heavy atom. The zero-order chi connectivity index (χ0) is 13.8. The molecule has 0 aliphatic heterocycles. The molecule has 0 bridgehead atoms. The Morgan fingerprint density at radius 3 is 2.63 bits per heavy atom. The molecule has 0 heterocycles. The average Bonchev–Trinajstić information content (AvgIpc) is 2.38. The topological polar surface area (TPSA) is 40.5 Å². The maximum atomic E-state index is 13.0. The highest BCUT2D eigenvalue weighted by molar-refractivity contribution is 5.94. The molecule has 4 heteroatoms. The van der Waals surface area contributed by atoms with Gasteiger partial charge in [0, 0.05) is 18.8 Å². The minimum atomic E-state index is -0.356. The second-order valence-corrected chi connectivity index (χ2v) is 4.28. The van der Waals surface area contributed by atoms with Gasteiger partial charge in [-0.1, -0.05) is 18.2 Å². The third-order valence-corrected chi connectivity index (χ3v) is 2.84. The molecule has 0 radical (unpaired) electrons. The van der Waals surface area contributed by atoms with Crippen LogP contribution in [0.25, 0.3) is 0 Å². The number of benzene rings is 2. The summed E-state index contributed by atoms with van der Waals surface area (Å²) < 4.78 is 13.0. The molecule has 98 valence electrons. The molecule has 2 rings (SSSR count). The molecule has 0 fully saturated rings. The van der Waals surface area contributed by atoms with Crippen LogP contribution >= 0.6 is 0 Å². The van der Waals surface area contributed by atoms with Crippen molar-refractivity contribution >= 4 is 11.6 Å². The third-order valence-electron chi connectivity index (χ3n) is 2.84. The summed E-state index contributed by atoms with van der Waals surface area (Å²) in [4.78, 5) is 13.5. The monoisotopic (exact) mass is 259 g/mol. The lowest BCUT2D eigenvalue weighted by molar-refractivity contribution is -0.117. The van der Waals surface area contributed by atoms with Gasteiger partial charge in [-0.15, -0.1) is 0 Å². The zero-order valence-electron chi connectivity index (χ0n) is 10.5. The maximum absolute atomic E-state index is 13.0. The van der Waals surface area contributed by atoms with Gasteiger partial charge in [0.05, 0.1) is 6.42 Å². The van der Waals surface area contributed by atoms with Crippen molar-refractivity contribution in [3.05, 3.63) is 59.9 Å². The number of likely N-dealkylation sites (N-methyl/N-ethyl adjacent to an activating group) is 1. The first-order chi connectivity index (χ1) is 9.06. The Bertz CT molecular complexity index is 598. The molecule has 0 atom stereocenters. The lowest BCUT2D eigenvalue weighted by Crippen LogP contribution is -2.27. The molecule has 0 spiro atoms. The number of amides is 1. The Kier molecular flexibility index (Phi) is 3.80. The van der Waals surface area contributed by atoms with E-state index in [1.54, 1.807) is 31.3 Å². The number of aromatic hydroxyl groups is 1. The van der Waals surface area contributed by atoms with Crippen LogP contribution < -0.4 is 4.90 Å². The summed E-state index contributed by atoms with van der Waals surface area (Å²) in [5, 5.41) is 9.38. The van der Waals surface area contributed by atoms with Crippen molar-refractivity contribution < 1.29 is 14.3 Å². The number of anilines is 1. The number of hydrogen-bond donors (Lipinski definition) is 1. The first-order valence-corrected chi connectivity index (χ1v) is 5.86. The van der Waals surface area contributed by atoms with Crippen LogP contribution in [-0.4, -0.2) is 18.1 Å². The van der Waals surface area contributed by atoms with Crippen LogP contribution in [0.5, 0.6) is 5.75 Å². The maximum Gasteiger partial charge on any atom is 0.231 e. The van der Waals surface area contributed by atoms with Crippen LogP contribution in [0.15, 0.2) is 48.5 Å². The summed E-state index contributed by atoms with van der Waals surface area (Å²) >= 11 is 0. The van der Waals surface area contributed by atoms with Gasteiger partial charge in [0.15, 0.2) is 0 Å². The van der Waals surface area contributed by atoms with Gasteiger partial charge in [-0.25, -0.2) is 4.39 Å². The van der Waals surface area contributed by atoms with Gasteiger partial charge < -0.3 is 10.0 Å². The first-order valence-electron chi connectivity index (χ1n) is 5.86. The fourth-order valence-corrected chi connectivity index (χ4v) is 1.79. The summed E-state index contributed by atoms with van der Waals surface area (Å²) in [5.74, 6) is -0.426. The van der Waals surface area contributed by atoms with E-state index in [9.17, 15) is 14.3 Å². The van der Waals surface area contributed by atoms with E-state index in [1.807, 2.05) is 0 Å². The van der Waals surface area contributed by atoms with E-state index in [2.05, 4.69) is 0 Å². The van der Waals surface area contributed by atoms with E-state index in [4.69, 9.17) is 0 Å². The fraction of sp³-hybridized carbons (Fsp3) is 0.133. The molecule has 0 unspecified atom stereocenters. The zero-order valence-corrected chi connectivity index (χ0v) is 10.5. The van der Waals surface area contributed by atoms with E-state index >= 15 is 0 Å². The average molecular weight is 259 g/mol. The predicted molar refractivity (Wildman–Crippen MR) is 71.6 cm³/mol. The molecule has 1 N–H and O–H groups in total. The molecular weight excluding hydrogens is 245 g/mol. The molecule has 0 aliphatic rings. The van der Waals surface area contributed by atoms with E-state index in [-0.39, 0.29) is 23.9 Å². The van der Waals surface area contributed by atoms with Crippen molar-refractivity contribution in [1.29, 1.82) is 0 Å². The van der Waals surface area contributed by atoms with E-state index in [0.717, 1.165) is 0 Å². The van der Waals surface area contributed by atoms with Crippen LogP contribution in [-0.2, 0) is 11.2 Å². The van der Waals surface area contributed by atoms with Crippen molar-refractivity contribution in [1.82, 2.24) is 0 Å². The molecule has 2 aromatic carbocycles. The lowest BCUT2D eigenvalue weighted by Gasteiger charge is -2.17. The normalized spacial score (nSPS) is 10.2. The van der Waals surface area contributed by atoms with E-state index in [1.165, 1.54) is 29.2 Å². The van der Waals surface area contributed by atoms with Crippen molar-refractivity contribution in [3.8, 4) is 5.75 Å². The van der Waals surface area contributed by atoms with Crippen LogP contribution in [0, 0.1) is 5.82 Å². The smallest absolute Gasteiger partial charge is 0.231 e. The summed E-state index contributed by atoms with van der Waals surface area (Å²) in [5.41, 5.74) is 1.22. The fourth-order valence-electron chi connectivity index (χ4n) is 1.79. The van der Waals surface area contributed by atoms with Crippen LogP contribution in [0.4, 0.5) is 10.1 Å². The SMILES string of the molecule is CN(C(=O)Cc1cccc(F)c1)c1cccc(O)c1. The van der Waals surface area contributed by atoms with Crippen molar-refractivity contribution in [3.63, 3.8) is 0 Å². The number of rotatable bonds is 3. The highest BCUT2D eigenvalue weighted by atomic mass is 19.1. The predicted octanol–water partition coefficient (Wildman–Crippen LogP) is 2.74. The standard InChI is InChI=1S/C15H14FNO2/c1-17(13-6-3-7-14(18)10-13)15(19)9-11-4-2-5-12(16)8-11/h2-8,10,18H,9H2,1H3. The second kappa shape index (κ2) is 5.52. The number of halogens is 1. The highest BCUT2D eigenvalue weighted by Gasteiger charge is 2.12. The molecule has 0 saturated carbocycles. The molecule has 2 aromatic rings. The Labute approximate surface area is 110 Å². The highest BCUT2D eigenvalue weighted by Crippen LogP contribution is 2.19. The van der Waals surface area contributed by atoms with Gasteiger partial charge in [0.25, 0.3) is 0 Å². The van der Waals surface area contributed by atoms with Gasteiger partial charge in [-0.3, -0.25) is 4.79 Å². The number of carbonyl (C=O) groups is 1. The Morgan fingerprint density at radius 2 is 1.95 bits per heavy atom. The van der Waals surface area contributed by atoms with Crippen LogP contribution in [0.3, 0.4) is 0 Å². The Hall–Kier alpha value is -2.36. The summed E-state index contributed by atoms with van der Waals surface area (Å²) in [6, 6.07) is 12.4. The number of carbonyl (C=O) groups excluding carboxylic acids is 1. The minimum absolute atomic E-state index is 0.0999. The van der Waals surface area contributed by atoms with Crippen molar-refractivity contribution in [2.24, 2.45) is 0 Å². The summed E-state index contributed by atoms with van der Waals surface area (Å²) in [6.07, 6.45) is 0.115.